The number of esters is 2. The van der Waals surface area contributed by atoms with Crippen molar-refractivity contribution in [2.24, 2.45) is 0 Å². The molecule has 0 N–H and O–H groups in total. The van der Waals surface area contributed by atoms with Gasteiger partial charge in [-0.2, -0.15) is 0 Å². The van der Waals surface area contributed by atoms with E-state index in [2.05, 4.69) is 0 Å². The summed E-state index contributed by atoms with van der Waals surface area (Å²) in [6.07, 6.45) is 1.77. The van der Waals surface area contributed by atoms with Crippen LogP contribution in [0.15, 0.2) is 36.5 Å². The number of benzene rings is 1. The van der Waals surface area contributed by atoms with E-state index in [9.17, 15) is 9.59 Å². The highest BCUT2D eigenvalue weighted by Gasteiger charge is 2.30. The van der Waals surface area contributed by atoms with Gasteiger partial charge in [0, 0.05) is 17.4 Å². The summed E-state index contributed by atoms with van der Waals surface area (Å²) in [5.41, 5.74) is 3.37. The first-order valence-electron chi connectivity index (χ1n) is 8.46. The van der Waals surface area contributed by atoms with Gasteiger partial charge in [-0.3, -0.25) is 0 Å². The lowest BCUT2D eigenvalue weighted by molar-refractivity contribution is -0.144. The molecule has 2 heterocycles. The topological polar surface area (TPSA) is 60.8 Å². The normalized spacial score (nSPS) is 13.1. The van der Waals surface area contributed by atoms with Gasteiger partial charge in [0.2, 0.25) is 0 Å². The smallest absolute Gasteiger partial charge is 0.339 e. The second kappa shape index (κ2) is 8.27. The van der Waals surface area contributed by atoms with Crippen LogP contribution in [0.4, 0.5) is 5.69 Å². The lowest BCUT2D eigenvalue weighted by Gasteiger charge is -2.36. The molecule has 0 fully saturated rings. The van der Waals surface area contributed by atoms with Gasteiger partial charge < -0.3 is 18.9 Å². The zero-order valence-electron chi connectivity index (χ0n) is 15.1. The lowest BCUT2D eigenvalue weighted by Crippen LogP contribution is -2.43. The molecule has 0 amide bonds. The summed E-state index contributed by atoms with van der Waals surface area (Å²) in [5.74, 6) is -0.606. The van der Waals surface area contributed by atoms with Gasteiger partial charge in [-0.15, -0.1) is 12.4 Å². The van der Waals surface area contributed by atoms with E-state index in [0.29, 0.717) is 25.4 Å². The van der Waals surface area contributed by atoms with Gasteiger partial charge in [0.25, 0.3) is 0 Å². The summed E-state index contributed by atoms with van der Waals surface area (Å²) < 4.78 is 12.2. The maximum atomic E-state index is 12.2. The van der Waals surface area contributed by atoms with E-state index in [1.807, 2.05) is 46.7 Å². The van der Waals surface area contributed by atoms with Crippen LogP contribution in [-0.4, -0.2) is 35.8 Å². The van der Waals surface area contributed by atoms with E-state index in [1.165, 1.54) is 0 Å². The van der Waals surface area contributed by atoms with Crippen molar-refractivity contribution in [1.82, 2.24) is 4.57 Å². The number of para-hydroxylation sites is 1. The van der Waals surface area contributed by atoms with Crippen LogP contribution >= 0.6 is 12.4 Å². The van der Waals surface area contributed by atoms with Crippen molar-refractivity contribution < 1.29 is 19.1 Å². The molecule has 1 unspecified atom stereocenters. The third kappa shape index (κ3) is 3.55. The van der Waals surface area contributed by atoms with Crippen molar-refractivity contribution in [3.8, 4) is 11.3 Å². The van der Waals surface area contributed by atoms with Gasteiger partial charge in [-0.05, 0) is 32.9 Å². The summed E-state index contributed by atoms with van der Waals surface area (Å²) in [6.45, 7) is 6.56. The zero-order chi connectivity index (χ0) is 18.0. The van der Waals surface area contributed by atoms with E-state index in [4.69, 9.17) is 9.47 Å². The van der Waals surface area contributed by atoms with E-state index in [-0.39, 0.29) is 24.3 Å². The highest BCUT2D eigenvalue weighted by Crippen LogP contribution is 2.38. The molecule has 140 valence electrons. The van der Waals surface area contributed by atoms with E-state index < -0.39 is 6.04 Å². The van der Waals surface area contributed by atoms with Crippen LogP contribution < -0.4 is 4.90 Å². The number of ether oxygens (including phenoxy) is 2. The number of rotatable bonds is 5. The number of anilines is 1. The predicted molar refractivity (Wildman–Crippen MR) is 102 cm³/mol. The summed E-state index contributed by atoms with van der Waals surface area (Å²) >= 11 is 0. The Morgan fingerprint density at radius 1 is 1.15 bits per heavy atom. The highest BCUT2D eigenvalue weighted by atomic mass is 35.5. The van der Waals surface area contributed by atoms with Crippen molar-refractivity contribution in [2.45, 2.75) is 33.5 Å². The van der Waals surface area contributed by atoms with Crippen LogP contribution in [0.1, 0.15) is 31.1 Å². The van der Waals surface area contributed by atoms with Gasteiger partial charge in [0.05, 0.1) is 31.1 Å². The molecule has 1 aromatic carbocycles. The summed E-state index contributed by atoms with van der Waals surface area (Å²) in [7, 11) is 0. The Hall–Kier alpha value is -2.47. The molecule has 1 aromatic heterocycles. The molecule has 3 rings (SSSR count). The quantitative estimate of drug-likeness (QED) is 0.745. The minimum Gasteiger partial charge on any atom is -0.464 e. The minimum absolute atomic E-state index is 0. The standard InChI is InChI=1S/C19H22N2O4.ClH/c1-4-24-18(22)13(3)21-12-20-11-14(19(23)25-5-2)10-17(20)15-8-6-7-9-16(15)21;/h6-11,13H,4-5,12H2,1-3H3;1H. The third-order valence-electron chi connectivity index (χ3n) is 4.30. The molecule has 7 heteroatoms. The fourth-order valence-electron chi connectivity index (χ4n) is 3.08. The molecular weight excluding hydrogens is 356 g/mol. The summed E-state index contributed by atoms with van der Waals surface area (Å²) in [4.78, 5) is 26.3. The Morgan fingerprint density at radius 2 is 1.85 bits per heavy atom. The first kappa shape index (κ1) is 19.8. The van der Waals surface area contributed by atoms with Gasteiger partial charge in [0.15, 0.2) is 0 Å². The van der Waals surface area contributed by atoms with Crippen molar-refractivity contribution in [3.05, 3.63) is 42.1 Å². The minimum atomic E-state index is -0.428. The fourth-order valence-corrected chi connectivity index (χ4v) is 3.08. The molecular formula is C19H23ClN2O4. The molecule has 0 spiro atoms. The summed E-state index contributed by atoms with van der Waals surface area (Å²) in [6, 6.07) is 9.25. The first-order chi connectivity index (χ1) is 12.1. The second-order valence-corrected chi connectivity index (χ2v) is 5.86. The van der Waals surface area contributed by atoms with Crippen LogP contribution in [0.5, 0.6) is 0 Å². The highest BCUT2D eigenvalue weighted by molar-refractivity contribution is 5.93. The average molecular weight is 379 g/mol. The molecule has 1 aliphatic rings. The van der Waals surface area contributed by atoms with Crippen LogP contribution in [0.2, 0.25) is 0 Å². The maximum absolute atomic E-state index is 12.2. The van der Waals surface area contributed by atoms with Crippen LogP contribution in [-0.2, 0) is 20.9 Å². The van der Waals surface area contributed by atoms with Crippen LogP contribution in [0.3, 0.4) is 0 Å². The maximum Gasteiger partial charge on any atom is 0.339 e. The number of hydrogen-bond donors (Lipinski definition) is 0. The SMILES string of the molecule is CCOC(=O)c1cc2n(c1)CN(C(C)C(=O)OCC)c1ccccc1-2.Cl. The molecule has 26 heavy (non-hydrogen) atoms. The second-order valence-electron chi connectivity index (χ2n) is 5.86. The number of carbonyl (C=O) groups is 2. The molecule has 0 radical (unpaired) electrons. The van der Waals surface area contributed by atoms with Gasteiger partial charge in [-0.1, -0.05) is 18.2 Å². The number of fused-ring (bicyclic) bond motifs is 3. The van der Waals surface area contributed by atoms with E-state index in [0.717, 1.165) is 16.9 Å². The van der Waals surface area contributed by atoms with Crippen molar-refractivity contribution >= 4 is 30.0 Å². The monoisotopic (exact) mass is 378 g/mol. The molecule has 6 nitrogen and oxygen atoms in total. The Morgan fingerprint density at radius 3 is 2.54 bits per heavy atom. The molecule has 0 aliphatic carbocycles. The van der Waals surface area contributed by atoms with Crippen molar-refractivity contribution in [3.63, 3.8) is 0 Å². The predicted octanol–water partition coefficient (Wildman–Crippen LogP) is 3.48. The first-order valence-corrected chi connectivity index (χ1v) is 8.46. The number of hydrogen-bond acceptors (Lipinski definition) is 5. The number of halogens is 1. The fraction of sp³-hybridized carbons (Fsp3) is 0.368. The largest absolute Gasteiger partial charge is 0.464 e. The molecule has 1 aliphatic heterocycles. The molecule has 0 saturated heterocycles. The number of aromatic nitrogens is 1. The van der Waals surface area contributed by atoms with Crippen LogP contribution in [0.25, 0.3) is 11.3 Å². The summed E-state index contributed by atoms with van der Waals surface area (Å²) in [5, 5.41) is 0. The number of carbonyl (C=O) groups excluding carboxylic acids is 2. The Bertz CT molecular complexity index is 803. The molecule has 2 aromatic rings. The molecule has 0 saturated carbocycles. The lowest BCUT2D eigenvalue weighted by atomic mass is 10.0. The van der Waals surface area contributed by atoms with E-state index in [1.54, 1.807) is 20.0 Å². The molecule has 1 atom stereocenters. The van der Waals surface area contributed by atoms with Crippen molar-refractivity contribution in [2.75, 3.05) is 18.1 Å². The van der Waals surface area contributed by atoms with Crippen LogP contribution in [0, 0.1) is 0 Å². The zero-order valence-corrected chi connectivity index (χ0v) is 15.9. The Balaban J connectivity index is 0.00000243. The van der Waals surface area contributed by atoms with Gasteiger partial charge >= 0.3 is 11.9 Å². The van der Waals surface area contributed by atoms with E-state index >= 15 is 0 Å². The molecule has 0 bridgehead atoms. The van der Waals surface area contributed by atoms with Gasteiger partial charge in [0.1, 0.15) is 6.04 Å². The average Bonchev–Trinajstić information content (AvgIpc) is 3.05. The van der Waals surface area contributed by atoms with Crippen molar-refractivity contribution in [1.29, 1.82) is 0 Å². The van der Waals surface area contributed by atoms with Gasteiger partial charge in [-0.25, -0.2) is 9.59 Å². The Labute approximate surface area is 159 Å². The third-order valence-corrected chi connectivity index (χ3v) is 4.30. The Kier molecular flexibility index (Phi) is 6.32. The number of nitrogens with zero attached hydrogens (tertiary/aromatic N) is 2.